The van der Waals surface area contributed by atoms with E-state index in [4.69, 9.17) is 9.47 Å². The van der Waals surface area contributed by atoms with Crippen molar-refractivity contribution in [3.63, 3.8) is 0 Å². The molecule has 0 aliphatic heterocycles. The summed E-state index contributed by atoms with van der Waals surface area (Å²) in [5.41, 5.74) is 1.56. The van der Waals surface area contributed by atoms with Crippen LogP contribution in [0.1, 0.15) is 18.1 Å². The molecular weight excluding hydrogens is 376 g/mol. The normalized spacial score (nSPS) is 11.2. The van der Waals surface area contributed by atoms with Crippen LogP contribution in [0.4, 0.5) is 4.79 Å². The summed E-state index contributed by atoms with van der Waals surface area (Å²) in [5, 5.41) is 14.2. The molecule has 0 saturated heterocycles. The summed E-state index contributed by atoms with van der Waals surface area (Å²) in [6, 6.07) is 14.5. The van der Waals surface area contributed by atoms with Crippen LogP contribution in [0.15, 0.2) is 54.6 Å². The Morgan fingerprint density at radius 3 is 2.31 bits per heavy atom. The Kier molecular flexibility index (Phi) is 8.50. The molecule has 0 bridgehead atoms. The number of rotatable bonds is 9. The molecule has 0 unspecified atom stereocenters. The summed E-state index contributed by atoms with van der Waals surface area (Å²) in [6.07, 6.45) is -0.557. The maximum atomic E-state index is 12.2. The Labute approximate surface area is 168 Å². The zero-order chi connectivity index (χ0) is 21.1. The van der Waals surface area contributed by atoms with Gasteiger partial charge in [-0.15, -0.1) is 0 Å². The number of esters is 1. The first-order chi connectivity index (χ1) is 14.0. The van der Waals surface area contributed by atoms with Crippen LogP contribution in [0.5, 0.6) is 5.75 Å². The van der Waals surface area contributed by atoms with E-state index in [1.807, 2.05) is 30.3 Å². The number of hydrogen-bond donors (Lipinski definition) is 3. The van der Waals surface area contributed by atoms with Crippen LogP contribution in [0.25, 0.3) is 0 Å². The molecule has 0 aliphatic rings. The van der Waals surface area contributed by atoms with E-state index >= 15 is 0 Å². The maximum absolute atomic E-state index is 12.2. The van der Waals surface area contributed by atoms with Crippen molar-refractivity contribution in [2.75, 3.05) is 13.2 Å². The quantitative estimate of drug-likeness (QED) is 0.554. The van der Waals surface area contributed by atoms with Crippen molar-refractivity contribution in [2.24, 2.45) is 0 Å². The molecule has 2 amide bonds. The zero-order valence-corrected chi connectivity index (χ0v) is 16.1. The van der Waals surface area contributed by atoms with Crippen molar-refractivity contribution in [1.82, 2.24) is 10.6 Å². The van der Waals surface area contributed by atoms with Crippen LogP contribution >= 0.6 is 0 Å². The van der Waals surface area contributed by atoms with Gasteiger partial charge in [-0.05, 0) is 30.2 Å². The topological polar surface area (TPSA) is 114 Å². The van der Waals surface area contributed by atoms with E-state index < -0.39 is 24.0 Å². The first-order valence-corrected chi connectivity index (χ1v) is 9.16. The minimum Gasteiger partial charge on any atom is -0.508 e. The monoisotopic (exact) mass is 400 g/mol. The fraction of sp³-hybridized carbons (Fsp3) is 0.286. The highest BCUT2D eigenvalue weighted by Gasteiger charge is 2.22. The molecule has 3 N–H and O–H groups in total. The second kappa shape index (κ2) is 11.3. The number of phenolic OH excluding ortho intramolecular Hbond substituents is 1. The fourth-order valence-electron chi connectivity index (χ4n) is 2.48. The molecule has 0 spiro atoms. The average Bonchev–Trinajstić information content (AvgIpc) is 2.72. The van der Waals surface area contributed by atoms with Gasteiger partial charge in [0.15, 0.2) is 0 Å². The highest BCUT2D eigenvalue weighted by Crippen LogP contribution is 2.12. The van der Waals surface area contributed by atoms with Gasteiger partial charge in [0.1, 0.15) is 24.9 Å². The molecule has 8 nitrogen and oxygen atoms in total. The smallest absolute Gasteiger partial charge is 0.407 e. The highest BCUT2D eigenvalue weighted by molar-refractivity contribution is 5.87. The standard InChI is InChI=1S/C21H24N2O6/c1-2-28-20(26)18(12-15-8-10-17(24)11-9-15)23-19(25)13-22-21(27)29-14-16-6-4-3-5-7-16/h3-11,18,24H,2,12-14H2,1H3,(H,22,27)(H,23,25)/t18-/m1/s1. The largest absolute Gasteiger partial charge is 0.508 e. The van der Waals surface area contributed by atoms with Crippen molar-refractivity contribution in [1.29, 1.82) is 0 Å². The van der Waals surface area contributed by atoms with Gasteiger partial charge in [0.05, 0.1) is 6.61 Å². The van der Waals surface area contributed by atoms with Gasteiger partial charge in [-0.25, -0.2) is 9.59 Å². The molecule has 0 fully saturated rings. The van der Waals surface area contributed by atoms with E-state index in [1.54, 1.807) is 19.1 Å². The fourth-order valence-corrected chi connectivity index (χ4v) is 2.48. The third-order valence-corrected chi connectivity index (χ3v) is 3.89. The van der Waals surface area contributed by atoms with Crippen LogP contribution in [0, 0.1) is 0 Å². The summed E-state index contributed by atoms with van der Waals surface area (Å²) >= 11 is 0. The summed E-state index contributed by atoms with van der Waals surface area (Å²) in [6.45, 7) is 1.58. The van der Waals surface area contributed by atoms with E-state index in [9.17, 15) is 19.5 Å². The minimum atomic E-state index is -0.922. The third-order valence-electron chi connectivity index (χ3n) is 3.89. The molecule has 29 heavy (non-hydrogen) atoms. The second-order valence-corrected chi connectivity index (χ2v) is 6.16. The van der Waals surface area contributed by atoms with Gasteiger partial charge in [0, 0.05) is 6.42 Å². The molecule has 8 heteroatoms. The number of aromatic hydroxyl groups is 1. The lowest BCUT2D eigenvalue weighted by Crippen LogP contribution is -2.47. The van der Waals surface area contributed by atoms with E-state index in [-0.39, 0.29) is 31.9 Å². The molecule has 0 saturated carbocycles. The molecular formula is C21H24N2O6. The predicted molar refractivity (Wildman–Crippen MR) is 105 cm³/mol. The van der Waals surface area contributed by atoms with E-state index in [2.05, 4.69) is 10.6 Å². The lowest BCUT2D eigenvalue weighted by Gasteiger charge is -2.17. The first-order valence-electron chi connectivity index (χ1n) is 9.16. The Hall–Kier alpha value is -3.55. The molecule has 0 heterocycles. The van der Waals surface area contributed by atoms with Gasteiger partial charge in [0.2, 0.25) is 5.91 Å². The van der Waals surface area contributed by atoms with E-state index in [0.29, 0.717) is 0 Å². The summed E-state index contributed by atoms with van der Waals surface area (Å²) < 4.78 is 10.0. The van der Waals surface area contributed by atoms with E-state index in [0.717, 1.165) is 11.1 Å². The lowest BCUT2D eigenvalue weighted by atomic mass is 10.1. The first kappa shape index (κ1) is 21.7. The van der Waals surface area contributed by atoms with E-state index in [1.165, 1.54) is 12.1 Å². The number of ether oxygens (including phenoxy) is 2. The lowest BCUT2D eigenvalue weighted by molar-refractivity contribution is -0.147. The van der Waals surface area contributed by atoms with Crippen molar-refractivity contribution in [3.05, 3.63) is 65.7 Å². The molecule has 2 aromatic carbocycles. The molecule has 0 aliphatic carbocycles. The Morgan fingerprint density at radius 2 is 1.66 bits per heavy atom. The van der Waals surface area contributed by atoms with Crippen molar-refractivity contribution in [3.8, 4) is 5.75 Å². The van der Waals surface area contributed by atoms with Gasteiger partial charge in [-0.3, -0.25) is 4.79 Å². The molecule has 1 atom stereocenters. The van der Waals surface area contributed by atoms with Crippen molar-refractivity contribution in [2.45, 2.75) is 26.0 Å². The summed E-state index contributed by atoms with van der Waals surface area (Å²) in [5.74, 6) is -1.04. The zero-order valence-electron chi connectivity index (χ0n) is 16.1. The summed E-state index contributed by atoms with van der Waals surface area (Å²) in [7, 11) is 0. The molecule has 2 aromatic rings. The number of nitrogens with one attached hydrogen (secondary N) is 2. The SMILES string of the molecule is CCOC(=O)[C@@H](Cc1ccc(O)cc1)NC(=O)CNC(=O)OCc1ccccc1. The Balaban J connectivity index is 1.83. The number of alkyl carbamates (subject to hydrolysis) is 1. The number of amides is 2. The van der Waals surface area contributed by atoms with Crippen LogP contribution in [0.3, 0.4) is 0 Å². The number of benzene rings is 2. The predicted octanol–water partition coefficient (Wildman–Crippen LogP) is 1.91. The second-order valence-electron chi connectivity index (χ2n) is 6.16. The molecule has 0 aromatic heterocycles. The molecule has 2 rings (SSSR count). The van der Waals surface area contributed by atoms with Gasteiger partial charge in [-0.2, -0.15) is 0 Å². The van der Waals surface area contributed by atoms with Gasteiger partial charge in [0.25, 0.3) is 0 Å². The van der Waals surface area contributed by atoms with Gasteiger partial charge in [-0.1, -0.05) is 42.5 Å². The van der Waals surface area contributed by atoms with Crippen LogP contribution < -0.4 is 10.6 Å². The van der Waals surface area contributed by atoms with Crippen LogP contribution in [-0.4, -0.2) is 42.3 Å². The number of hydrogen-bond acceptors (Lipinski definition) is 6. The number of carbonyl (C=O) groups excluding carboxylic acids is 3. The van der Waals surface area contributed by atoms with Crippen molar-refractivity contribution < 1.29 is 29.0 Å². The molecule has 154 valence electrons. The Bertz CT molecular complexity index is 808. The number of carbonyl (C=O) groups is 3. The van der Waals surface area contributed by atoms with Crippen LogP contribution in [0.2, 0.25) is 0 Å². The van der Waals surface area contributed by atoms with Crippen molar-refractivity contribution >= 4 is 18.0 Å². The maximum Gasteiger partial charge on any atom is 0.407 e. The third kappa shape index (κ3) is 7.92. The summed E-state index contributed by atoms with van der Waals surface area (Å²) in [4.78, 5) is 36.0. The Morgan fingerprint density at radius 1 is 0.966 bits per heavy atom. The average molecular weight is 400 g/mol. The van der Waals surface area contributed by atoms with Gasteiger partial charge < -0.3 is 25.2 Å². The van der Waals surface area contributed by atoms with Gasteiger partial charge >= 0.3 is 12.1 Å². The minimum absolute atomic E-state index is 0.0839. The highest BCUT2D eigenvalue weighted by atomic mass is 16.5. The molecule has 0 radical (unpaired) electrons. The number of phenols is 1. The van der Waals surface area contributed by atoms with Crippen LogP contribution in [-0.2, 0) is 32.1 Å².